The van der Waals surface area contributed by atoms with Gasteiger partial charge in [-0.05, 0) is 63.3 Å². The molecule has 2 aliphatic heterocycles. The van der Waals surface area contributed by atoms with E-state index in [1.807, 2.05) is 0 Å². The number of fused-ring (bicyclic) bond motifs is 2. The maximum Gasteiger partial charge on any atom is 0.235 e. The number of carbonyl (C=O) groups is 1. The monoisotopic (exact) mass is 313 g/mol. The van der Waals surface area contributed by atoms with Gasteiger partial charge in [0, 0.05) is 30.9 Å². The van der Waals surface area contributed by atoms with E-state index in [4.69, 9.17) is 0 Å². The fourth-order valence-electron chi connectivity index (χ4n) is 4.85. The summed E-state index contributed by atoms with van der Waals surface area (Å²) in [7, 11) is 2.06. The Hall–Kier alpha value is -1.39. The maximum absolute atomic E-state index is 12.7. The molecular weight excluding hydrogens is 286 g/mol. The molecule has 2 heterocycles. The van der Waals surface area contributed by atoms with Gasteiger partial charge in [0.15, 0.2) is 0 Å². The summed E-state index contributed by atoms with van der Waals surface area (Å²) in [5.41, 5.74) is 3.23. The van der Waals surface area contributed by atoms with Crippen molar-refractivity contribution in [1.29, 1.82) is 0 Å². The number of aryl methyl sites for hydroxylation is 1. The van der Waals surface area contributed by atoms with E-state index < -0.39 is 0 Å². The van der Waals surface area contributed by atoms with Crippen LogP contribution in [0.3, 0.4) is 0 Å². The quantitative estimate of drug-likeness (QED) is 0.881. The molecular formula is C19H27N3O. The molecule has 124 valence electrons. The van der Waals surface area contributed by atoms with Gasteiger partial charge in [-0.1, -0.05) is 12.1 Å². The number of hydrogen-bond acceptors (Lipinski definition) is 3. The fraction of sp³-hybridized carbons (Fsp3) is 0.632. The van der Waals surface area contributed by atoms with Gasteiger partial charge in [0.25, 0.3) is 0 Å². The zero-order valence-corrected chi connectivity index (χ0v) is 14.2. The molecule has 1 spiro atoms. The van der Waals surface area contributed by atoms with Crippen molar-refractivity contribution in [3.8, 4) is 0 Å². The summed E-state index contributed by atoms with van der Waals surface area (Å²) in [6, 6.07) is 7.73. The Morgan fingerprint density at radius 2 is 2.04 bits per heavy atom. The summed E-state index contributed by atoms with van der Waals surface area (Å²) in [6.07, 6.45) is 5.50. The Kier molecular flexibility index (Phi) is 3.69. The molecule has 2 N–H and O–H groups in total. The fourth-order valence-corrected chi connectivity index (χ4v) is 4.85. The molecule has 1 aliphatic carbocycles. The number of rotatable bonds is 2. The van der Waals surface area contributed by atoms with Crippen LogP contribution in [-0.2, 0) is 10.2 Å². The third kappa shape index (κ3) is 2.39. The van der Waals surface area contributed by atoms with Crippen LogP contribution >= 0.6 is 0 Å². The summed E-state index contributed by atoms with van der Waals surface area (Å²) in [5.74, 6) is 0.228. The molecule has 1 amide bonds. The summed E-state index contributed by atoms with van der Waals surface area (Å²) in [6.45, 7) is 4.45. The Balaban J connectivity index is 1.50. The van der Waals surface area contributed by atoms with Crippen LogP contribution in [0.15, 0.2) is 18.2 Å². The minimum absolute atomic E-state index is 0.228. The number of hydrogen-bond donors (Lipinski definition) is 2. The van der Waals surface area contributed by atoms with Crippen LogP contribution in [0.2, 0.25) is 0 Å². The Morgan fingerprint density at radius 1 is 1.26 bits per heavy atom. The van der Waals surface area contributed by atoms with Crippen molar-refractivity contribution in [3.05, 3.63) is 29.3 Å². The third-order valence-corrected chi connectivity index (χ3v) is 6.33. The molecule has 4 rings (SSSR count). The van der Waals surface area contributed by atoms with Gasteiger partial charge >= 0.3 is 0 Å². The first kappa shape index (κ1) is 15.2. The Bertz CT molecular complexity index is 619. The molecule has 0 aromatic heterocycles. The first-order valence-electron chi connectivity index (χ1n) is 8.96. The van der Waals surface area contributed by atoms with E-state index in [1.54, 1.807) is 0 Å². The zero-order valence-electron chi connectivity index (χ0n) is 14.2. The van der Waals surface area contributed by atoms with Gasteiger partial charge in [0.1, 0.15) is 0 Å². The van der Waals surface area contributed by atoms with E-state index in [1.165, 1.54) is 24.1 Å². The highest BCUT2D eigenvalue weighted by Crippen LogP contribution is 2.48. The average molecular weight is 313 g/mol. The summed E-state index contributed by atoms with van der Waals surface area (Å²) in [5, 5.41) is 6.54. The van der Waals surface area contributed by atoms with Crippen LogP contribution in [0, 0.1) is 6.92 Å². The predicted octanol–water partition coefficient (Wildman–Crippen LogP) is 2.42. The molecule has 1 aromatic carbocycles. The smallest absolute Gasteiger partial charge is 0.235 e. The maximum atomic E-state index is 12.7. The molecule has 4 heteroatoms. The normalized spacial score (nSPS) is 33.9. The SMILES string of the molecule is CNC1CCN(C2CCC3(CC2)C(=O)Nc2cc(C)ccc23)C1. The van der Waals surface area contributed by atoms with Crippen LogP contribution in [-0.4, -0.2) is 43.0 Å². The lowest BCUT2D eigenvalue weighted by Crippen LogP contribution is -2.45. The molecule has 3 aliphatic rings. The van der Waals surface area contributed by atoms with E-state index in [-0.39, 0.29) is 11.3 Å². The molecule has 2 fully saturated rings. The van der Waals surface area contributed by atoms with Crippen molar-refractivity contribution >= 4 is 11.6 Å². The van der Waals surface area contributed by atoms with Crippen LogP contribution in [0.25, 0.3) is 0 Å². The van der Waals surface area contributed by atoms with Crippen LogP contribution < -0.4 is 10.6 Å². The lowest BCUT2D eigenvalue weighted by molar-refractivity contribution is -0.122. The Labute approximate surface area is 138 Å². The molecule has 1 atom stereocenters. The molecule has 0 radical (unpaired) electrons. The highest BCUT2D eigenvalue weighted by molar-refractivity contribution is 6.06. The summed E-state index contributed by atoms with van der Waals surface area (Å²) >= 11 is 0. The van der Waals surface area contributed by atoms with Gasteiger partial charge in [-0.25, -0.2) is 0 Å². The standard InChI is InChI=1S/C19H27N3O/c1-13-3-4-16-17(11-13)21-18(23)19(16)8-5-15(6-9-19)22-10-7-14(12-22)20-2/h3-4,11,14-15,20H,5-10,12H2,1-2H3,(H,21,23). The number of carbonyl (C=O) groups excluding carboxylic acids is 1. The van der Waals surface area contributed by atoms with Crippen LogP contribution in [0.4, 0.5) is 5.69 Å². The van der Waals surface area contributed by atoms with Crippen molar-refractivity contribution in [3.63, 3.8) is 0 Å². The predicted molar refractivity (Wildman–Crippen MR) is 92.8 cm³/mol. The summed E-state index contributed by atoms with van der Waals surface area (Å²) in [4.78, 5) is 15.3. The number of likely N-dealkylation sites (N-methyl/N-ethyl adjacent to an activating group) is 1. The Morgan fingerprint density at radius 3 is 2.74 bits per heavy atom. The van der Waals surface area contributed by atoms with Gasteiger partial charge in [0.05, 0.1) is 5.41 Å². The van der Waals surface area contributed by atoms with E-state index in [0.717, 1.165) is 37.9 Å². The second-order valence-electron chi connectivity index (χ2n) is 7.59. The zero-order chi connectivity index (χ0) is 16.0. The highest BCUT2D eigenvalue weighted by atomic mass is 16.2. The molecule has 4 nitrogen and oxygen atoms in total. The third-order valence-electron chi connectivity index (χ3n) is 6.33. The molecule has 1 aromatic rings. The van der Waals surface area contributed by atoms with E-state index in [9.17, 15) is 4.79 Å². The number of nitrogens with zero attached hydrogens (tertiary/aromatic N) is 1. The molecule has 1 unspecified atom stereocenters. The van der Waals surface area contributed by atoms with Crippen molar-refractivity contribution < 1.29 is 4.79 Å². The van der Waals surface area contributed by atoms with E-state index >= 15 is 0 Å². The minimum Gasteiger partial charge on any atom is -0.325 e. The first-order valence-corrected chi connectivity index (χ1v) is 8.96. The number of nitrogens with one attached hydrogen (secondary N) is 2. The minimum atomic E-state index is -0.262. The van der Waals surface area contributed by atoms with Gasteiger partial charge in [-0.2, -0.15) is 0 Å². The lowest BCUT2D eigenvalue weighted by Gasteiger charge is -2.39. The van der Waals surface area contributed by atoms with Gasteiger partial charge in [0.2, 0.25) is 5.91 Å². The van der Waals surface area contributed by atoms with Crippen molar-refractivity contribution in [2.45, 2.75) is 56.5 Å². The largest absolute Gasteiger partial charge is 0.325 e. The summed E-state index contributed by atoms with van der Waals surface area (Å²) < 4.78 is 0. The van der Waals surface area contributed by atoms with Crippen LogP contribution in [0.5, 0.6) is 0 Å². The highest BCUT2D eigenvalue weighted by Gasteiger charge is 2.49. The molecule has 1 saturated carbocycles. The molecule has 23 heavy (non-hydrogen) atoms. The number of amides is 1. The van der Waals surface area contributed by atoms with Crippen molar-refractivity contribution in [1.82, 2.24) is 10.2 Å². The van der Waals surface area contributed by atoms with Gasteiger partial charge in [-0.3, -0.25) is 9.69 Å². The van der Waals surface area contributed by atoms with Gasteiger partial charge < -0.3 is 10.6 Å². The van der Waals surface area contributed by atoms with Crippen LogP contribution in [0.1, 0.15) is 43.2 Å². The lowest BCUT2D eigenvalue weighted by atomic mass is 9.68. The average Bonchev–Trinajstić information content (AvgIpc) is 3.12. The second-order valence-corrected chi connectivity index (χ2v) is 7.59. The number of benzene rings is 1. The molecule has 0 bridgehead atoms. The topological polar surface area (TPSA) is 44.4 Å². The van der Waals surface area contributed by atoms with Crippen molar-refractivity contribution in [2.75, 3.05) is 25.5 Å². The number of likely N-dealkylation sites (tertiary alicyclic amines) is 1. The van der Waals surface area contributed by atoms with Crippen molar-refractivity contribution in [2.24, 2.45) is 0 Å². The second kappa shape index (κ2) is 5.60. The van der Waals surface area contributed by atoms with E-state index in [0.29, 0.717) is 12.1 Å². The number of anilines is 1. The van der Waals surface area contributed by atoms with Gasteiger partial charge in [-0.15, -0.1) is 0 Å². The molecule has 1 saturated heterocycles. The first-order chi connectivity index (χ1) is 11.1. The van der Waals surface area contributed by atoms with E-state index in [2.05, 4.69) is 47.7 Å².